The van der Waals surface area contributed by atoms with Gasteiger partial charge >= 0.3 is 0 Å². The summed E-state index contributed by atoms with van der Waals surface area (Å²) in [6.45, 7) is 0. The highest BCUT2D eigenvalue weighted by Gasteiger charge is 2.08. The molecule has 0 aliphatic heterocycles. The minimum absolute atomic E-state index is 0.0427. The van der Waals surface area contributed by atoms with Crippen LogP contribution < -0.4 is 5.73 Å². The predicted molar refractivity (Wildman–Crippen MR) is 80.0 cm³/mol. The number of phenolic OH excluding ortho intramolecular Hbond substituents is 1. The SMILES string of the molecule is Nc1ccccc1/C=C/C(=O)c1cc(Br)ccc1O. The van der Waals surface area contributed by atoms with Gasteiger partial charge in [0.15, 0.2) is 5.78 Å². The van der Waals surface area contributed by atoms with Gasteiger partial charge in [-0.25, -0.2) is 0 Å². The van der Waals surface area contributed by atoms with E-state index in [2.05, 4.69) is 15.9 Å². The van der Waals surface area contributed by atoms with E-state index < -0.39 is 0 Å². The molecule has 0 fully saturated rings. The van der Waals surface area contributed by atoms with Crippen molar-refractivity contribution in [3.8, 4) is 5.75 Å². The largest absolute Gasteiger partial charge is 0.507 e. The molecule has 4 heteroatoms. The van der Waals surface area contributed by atoms with Gasteiger partial charge in [0.05, 0.1) is 5.56 Å². The Morgan fingerprint density at radius 3 is 2.68 bits per heavy atom. The van der Waals surface area contributed by atoms with Crippen LogP contribution in [0.15, 0.2) is 53.0 Å². The van der Waals surface area contributed by atoms with Crippen LogP contribution in [0.1, 0.15) is 15.9 Å². The van der Waals surface area contributed by atoms with Crippen LogP contribution in [0.2, 0.25) is 0 Å². The zero-order valence-corrected chi connectivity index (χ0v) is 11.6. The van der Waals surface area contributed by atoms with E-state index in [1.807, 2.05) is 18.2 Å². The van der Waals surface area contributed by atoms with E-state index >= 15 is 0 Å². The second-order valence-electron chi connectivity index (χ2n) is 3.99. The van der Waals surface area contributed by atoms with Crippen LogP contribution in [0.5, 0.6) is 5.75 Å². The number of allylic oxidation sites excluding steroid dienone is 1. The minimum Gasteiger partial charge on any atom is -0.507 e. The van der Waals surface area contributed by atoms with Gasteiger partial charge in [-0.15, -0.1) is 0 Å². The van der Waals surface area contributed by atoms with Gasteiger partial charge in [0.2, 0.25) is 0 Å². The monoisotopic (exact) mass is 317 g/mol. The summed E-state index contributed by atoms with van der Waals surface area (Å²) < 4.78 is 0.737. The minimum atomic E-state index is -0.276. The summed E-state index contributed by atoms with van der Waals surface area (Å²) in [6.07, 6.45) is 3.03. The average Bonchev–Trinajstić information content (AvgIpc) is 2.40. The molecule has 2 aromatic carbocycles. The summed E-state index contributed by atoms with van der Waals surface area (Å²) in [5.74, 6) is -0.319. The van der Waals surface area contributed by atoms with Crippen molar-refractivity contribution in [2.45, 2.75) is 0 Å². The molecule has 96 valence electrons. The molecule has 0 bridgehead atoms. The number of benzene rings is 2. The number of hydrogen-bond acceptors (Lipinski definition) is 3. The molecule has 2 aromatic rings. The van der Waals surface area contributed by atoms with Crippen LogP contribution in [0.25, 0.3) is 6.08 Å². The highest BCUT2D eigenvalue weighted by molar-refractivity contribution is 9.10. The van der Waals surface area contributed by atoms with Crippen molar-refractivity contribution in [1.29, 1.82) is 0 Å². The normalized spacial score (nSPS) is 10.8. The highest BCUT2D eigenvalue weighted by atomic mass is 79.9. The molecule has 0 spiro atoms. The number of phenols is 1. The van der Waals surface area contributed by atoms with Crippen LogP contribution in [0.4, 0.5) is 5.69 Å². The molecule has 0 unspecified atom stereocenters. The Morgan fingerprint density at radius 1 is 1.21 bits per heavy atom. The Balaban J connectivity index is 2.26. The first-order valence-electron chi connectivity index (χ1n) is 5.63. The lowest BCUT2D eigenvalue weighted by atomic mass is 10.1. The van der Waals surface area contributed by atoms with E-state index in [4.69, 9.17) is 5.73 Å². The Morgan fingerprint density at radius 2 is 1.95 bits per heavy atom. The number of ketones is 1. The molecule has 3 N–H and O–H groups in total. The van der Waals surface area contributed by atoms with Gasteiger partial charge in [0.25, 0.3) is 0 Å². The van der Waals surface area contributed by atoms with Gasteiger partial charge in [0.1, 0.15) is 5.75 Å². The number of nitrogen functional groups attached to an aromatic ring is 1. The van der Waals surface area contributed by atoms with Gasteiger partial charge < -0.3 is 10.8 Å². The summed E-state index contributed by atoms with van der Waals surface area (Å²) in [4.78, 5) is 12.0. The van der Waals surface area contributed by atoms with E-state index in [9.17, 15) is 9.90 Å². The molecule has 0 saturated carbocycles. The Kier molecular flexibility index (Phi) is 4.02. The van der Waals surface area contributed by atoms with E-state index in [0.717, 1.165) is 10.0 Å². The van der Waals surface area contributed by atoms with Crippen molar-refractivity contribution < 1.29 is 9.90 Å². The maximum Gasteiger partial charge on any atom is 0.189 e. The zero-order chi connectivity index (χ0) is 13.8. The number of para-hydroxylation sites is 1. The fraction of sp³-hybridized carbons (Fsp3) is 0. The first kappa shape index (κ1) is 13.4. The first-order chi connectivity index (χ1) is 9.08. The molecule has 0 aliphatic carbocycles. The number of carbonyl (C=O) groups is 1. The van der Waals surface area contributed by atoms with Crippen LogP contribution in [-0.4, -0.2) is 10.9 Å². The van der Waals surface area contributed by atoms with Crippen molar-refractivity contribution >= 4 is 33.5 Å². The van der Waals surface area contributed by atoms with Gasteiger partial charge in [0, 0.05) is 10.2 Å². The summed E-state index contributed by atoms with van der Waals surface area (Å²) in [5.41, 5.74) is 7.40. The zero-order valence-electron chi connectivity index (χ0n) is 10.0. The summed E-state index contributed by atoms with van der Waals surface area (Å²) in [7, 11) is 0. The lowest BCUT2D eigenvalue weighted by Crippen LogP contribution is -1.95. The van der Waals surface area contributed by atoms with Crippen molar-refractivity contribution in [2.24, 2.45) is 0 Å². The standard InChI is InChI=1S/C15H12BrNO2/c16-11-6-8-15(19)12(9-11)14(18)7-5-10-3-1-2-4-13(10)17/h1-9,19H,17H2/b7-5+. The lowest BCUT2D eigenvalue weighted by Gasteiger charge is -2.02. The van der Waals surface area contributed by atoms with E-state index in [0.29, 0.717) is 5.69 Å². The van der Waals surface area contributed by atoms with E-state index in [1.165, 1.54) is 12.1 Å². The molecule has 0 radical (unpaired) electrons. The van der Waals surface area contributed by atoms with E-state index in [-0.39, 0.29) is 17.1 Å². The summed E-state index contributed by atoms with van der Waals surface area (Å²) in [5, 5.41) is 9.66. The molecule has 0 heterocycles. The second-order valence-corrected chi connectivity index (χ2v) is 4.90. The topological polar surface area (TPSA) is 63.3 Å². The van der Waals surface area contributed by atoms with Crippen LogP contribution >= 0.6 is 15.9 Å². The maximum atomic E-state index is 12.0. The molecule has 3 nitrogen and oxygen atoms in total. The van der Waals surface area contributed by atoms with Crippen molar-refractivity contribution in [1.82, 2.24) is 0 Å². The Labute approximate surface area is 119 Å². The molecule has 2 rings (SSSR count). The third kappa shape index (κ3) is 3.23. The third-order valence-corrected chi connectivity index (χ3v) is 3.13. The van der Waals surface area contributed by atoms with Gasteiger partial charge in [-0.05, 0) is 42.0 Å². The average molecular weight is 318 g/mol. The van der Waals surface area contributed by atoms with Crippen molar-refractivity contribution in [3.63, 3.8) is 0 Å². The predicted octanol–water partition coefficient (Wildman–Crippen LogP) is 3.63. The lowest BCUT2D eigenvalue weighted by molar-refractivity contribution is 0.104. The molecule has 0 amide bonds. The highest BCUT2D eigenvalue weighted by Crippen LogP contribution is 2.23. The molecule has 19 heavy (non-hydrogen) atoms. The Hall–Kier alpha value is -2.07. The number of hydrogen-bond donors (Lipinski definition) is 2. The number of halogens is 1. The fourth-order valence-corrected chi connectivity index (χ4v) is 1.98. The molecular formula is C15H12BrNO2. The van der Waals surface area contributed by atoms with Crippen LogP contribution in [0, 0.1) is 0 Å². The number of carbonyl (C=O) groups excluding carboxylic acids is 1. The molecule has 0 aromatic heterocycles. The number of anilines is 1. The molecule has 0 atom stereocenters. The fourth-order valence-electron chi connectivity index (χ4n) is 1.62. The third-order valence-electron chi connectivity index (χ3n) is 2.63. The smallest absolute Gasteiger partial charge is 0.189 e. The number of rotatable bonds is 3. The van der Waals surface area contributed by atoms with Gasteiger partial charge in [-0.3, -0.25) is 4.79 Å². The quantitative estimate of drug-likeness (QED) is 0.516. The van der Waals surface area contributed by atoms with Crippen LogP contribution in [-0.2, 0) is 0 Å². The first-order valence-corrected chi connectivity index (χ1v) is 6.42. The summed E-state index contributed by atoms with van der Waals surface area (Å²) in [6, 6.07) is 12.0. The van der Waals surface area contributed by atoms with E-state index in [1.54, 1.807) is 24.3 Å². The van der Waals surface area contributed by atoms with Crippen LogP contribution in [0.3, 0.4) is 0 Å². The number of nitrogens with two attached hydrogens (primary N) is 1. The molecular weight excluding hydrogens is 306 g/mol. The molecule has 0 aliphatic rings. The number of aromatic hydroxyl groups is 1. The van der Waals surface area contributed by atoms with Gasteiger partial charge in [-0.1, -0.05) is 34.1 Å². The van der Waals surface area contributed by atoms with Crippen molar-refractivity contribution in [3.05, 3.63) is 64.1 Å². The van der Waals surface area contributed by atoms with Gasteiger partial charge in [-0.2, -0.15) is 0 Å². The Bertz CT molecular complexity index is 650. The second kappa shape index (κ2) is 5.71. The maximum absolute atomic E-state index is 12.0. The molecule has 0 saturated heterocycles. The summed E-state index contributed by atoms with van der Waals surface area (Å²) >= 11 is 3.26. The van der Waals surface area contributed by atoms with Crippen molar-refractivity contribution in [2.75, 3.05) is 5.73 Å².